The molecule has 0 radical (unpaired) electrons. The highest BCUT2D eigenvalue weighted by molar-refractivity contribution is 7.99. The number of amides is 2. The SMILES string of the molecule is CC[C@@H](C(=O)NC)N(Cc1c(Cl)cccc1Cl)C(=O)CCSc1ccc(C)cc1. The Bertz CT molecular complexity index is 823. The maximum absolute atomic E-state index is 13.1. The number of hydrogen-bond acceptors (Lipinski definition) is 3. The largest absolute Gasteiger partial charge is 0.357 e. The fourth-order valence-corrected chi connectivity index (χ4v) is 4.33. The monoisotopic (exact) mass is 452 g/mol. The van der Waals surface area contributed by atoms with Crippen molar-refractivity contribution in [3.8, 4) is 0 Å². The summed E-state index contributed by atoms with van der Waals surface area (Å²) in [4.78, 5) is 28.2. The van der Waals surface area contributed by atoms with Gasteiger partial charge >= 0.3 is 0 Å². The molecule has 7 heteroatoms. The number of likely N-dealkylation sites (N-methyl/N-ethyl adjacent to an activating group) is 1. The first-order chi connectivity index (χ1) is 13.9. The molecule has 2 aromatic rings. The molecule has 0 unspecified atom stereocenters. The molecule has 156 valence electrons. The van der Waals surface area contributed by atoms with Crippen LogP contribution in [0.1, 0.15) is 30.9 Å². The third kappa shape index (κ3) is 6.66. The van der Waals surface area contributed by atoms with Crippen LogP contribution in [0.4, 0.5) is 0 Å². The van der Waals surface area contributed by atoms with Crippen molar-refractivity contribution in [3.63, 3.8) is 0 Å². The summed E-state index contributed by atoms with van der Waals surface area (Å²) in [6.07, 6.45) is 0.812. The van der Waals surface area contributed by atoms with E-state index in [1.807, 2.05) is 26.0 Å². The predicted octanol–water partition coefficient (Wildman–Crippen LogP) is 5.34. The molecule has 1 N–H and O–H groups in total. The van der Waals surface area contributed by atoms with Gasteiger partial charge < -0.3 is 10.2 Å². The Hall–Kier alpha value is -1.69. The third-order valence-electron chi connectivity index (χ3n) is 4.63. The van der Waals surface area contributed by atoms with Crippen LogP contribution >= 0.6 is 35.0 Å². The predicted molar refractivity (Wildman–Crippen MR) is 122 cm³/mol. The van der Waals surface area contributed by atoms with E-state index in [-0.39, 0.29) is 18.4 Å². The van der Waals surface area contributed by atoms with E-state index in [9.17, 15) is 9.59 Å². The van der Waals surface area contributed by atoms with Crippen molar-refractivity contribution in [2.45, 2.75) is 44.2 Å². The van der Waals surface area contributed by atoms with Crippen LogP contribution in [0.5, 0.6) is 0 Å². The molecular weight excluding hydrogens is 427 g/mol. The molecule has 0 aromatic heterocycles. The second-order valence-corrected chi connectivity index (χ2v) is 8.65. The zero-order valence-corrected chi connectivity index (χ0v) is 19.2. The first-order valence-corrected chi connectivity index (χ1v) is 11.2. The summed E-state index contributed by atoms with van der Waals surface area (Å²) in [6.45, 7) is 4.12. The van der Waals surface area contributed by atoms with E-state index < -0.39 is 6.04 Å². The Morgan fingerprint density at radius 1 is 1.10 bits per heavy atom. The standard InChI is InChI=1S/C22H26Cl2N2O2S/c1-4-20(22(28)25-3)26(14-17-18(23)6-5-7-19(17)24)21(27)12-13-29-16-10-8-15(2)9-11-16/h5-11,20H,4,12-14H2,1-3H3,(H,25,28)/t20-/m0/s1. The van der Waals surface area contributed by atoms with Crippen molar-refractivity contribution in [2.75, 3.05) is 12.8 Å². The van der Waals surface area contributed by atoms with E-state index in [0.29, 0.717) is 34.2 Å². The highest BCUT2D eigenvalue weighted by Gasteiger charge is 2.28. The van der Waals surface area contributed by atoms with E-state index in [0.717, 1.165) is 4.90 Å². The minimum atomic E-state index is -0.579. The van der Waals surface area contributed by atoms with Gasteiger partial charge in [-0.15, -0.1) is 11.8 Å². The fourth-order valence-electron chi connectivity index (χ4n) is 2.97. The minimum absolute atomic E-state index is 0.101. The average molecular weight is 453 g/mol. The van der Waals surface area contributed by atoms with Gasteiger partial charge in [0.2, 0.25) is 11.8 Å². The number of carbonyl (C=O) groups excluding carboxylic acids is 2. The van der Waals surface area contributed by atoms with Crippen LogP contribution in [0, 0.1) is 6.92 Å². The first-order valence-electron chi connectivity index (χ1n) is 9.50. The lowest BCUT2D eigenvalue weighted by Gasteiger charge is -2.31. The Labute approximate surface area is 187 Å². The molecule has 0 aliphatic heterocycles. The van der Waals surface area contributed by atoms with Crippen LogP contribution in [0.25, 0.3) is 0 Å². The van der Waals surface area contributed by atoms with E-state index in [2.05, 4.69) is 17.4 Å². The molecule has 2 amide bonds. The number of carbonyl (C=O) groups is 2. The molecule has 0 aliphatic rings. The highest BCUT2D eigenvalue weighted by atomic mass is 35.5. The Morgan fingerprint density at radius 3 is 2.28 bits per heavy atom. The zero-order valence-electron chi connectivity index (χ0n) is 16.9. The number of hydrogen-bond donors (Lipinski definition) is 1. The lowest BCUT2D eigenvalue weighted by atomic mass is 10.1. The molecule has 0 spiro atoms. The van der Waals surface area contributed by atoms with Crippen molar-refractivity contribution in [1.29, 1.82) is 0 Å². The second kappa shape index (κ2) is 11.5. The summed E-state index contributed by atoms with van der Waals surface area (Å²) in [6, 6.07) is 12.8. The summed E-state index contributed by atoms with van der Waals surface area (Å²) in [7, 11) is 1.57. The number of halogens is 2. The molecule has 4 nitrogen and oxygen atoms in total. The van der Waals surface area contributed by atoms with Gasteiger partial charge in [-0.05, 0) is 37.6 Å². The maximum Gasteiger partial charge on any atom is 0.242 e. The number of benzene rings is 2. The van der Waals surface area contributed by atoms with Crippen molar-refractivity contribution in [1.82, 2.24) is 10.2 Å². The van der Waals surface area contributed by atoms with Crippen LogP contribution in [0.15, 0.2) is 47.4 Å². The van der Waals surface area contributed by atoms with Crippen LogP contribution in [-0.2, 0) is 16.1 Å². The van der Waals surface area contributed by atoms with E-state index in [1.54, 1.807) is 41.9 Å². The first kappa shape index (κ1) is 23.6. The van der Waals surface area contributed by atoms with Crippen LogP contribution in [-0.4, -0.2) is 35.6 Å². The lowest BCUT2D eigenvalue weighted by Crippen LogP contribution is -2.48. The molecule has 2 rings (SSSR count). The number of nitrogens with zero attached hydrogens (tertiary/aromatic N) is 1. The molecule has 29 heavy (non-hydrogen) atoms. The average Bonchev–Trinajstić information content (AvgIpc) is 2.71. The van der Waals surface area contributed by atoms with Crippen molar-refractivity contribution < 1.29 is 9.59 Å². The summed E-state index contributed by atoms with van der Waals surface area (Å²) < 4.78 is 0. The summed E-state index contributed by atoms with van der Waals surface area (Å²) >= 11 is 14.2. The molecule has 0 saturated heterocycles. The van der Waals surface area contributed by atoms with E-state index in [4.69, 9.17) is 23.2 Å². The molecular formula is C22H26Cl2N2O2S. The molecule has 0 fully saturated rings. The third-order valence-corrected chi connectivity index (χ3v) is 6.35. The number of thioether (sulfide) groups is 1. The fraction of sp³-hybridized carbons (Fsp3) is 0.364. The van der Waals surface area contributed by atoms with Crippen molar-refractivity contribution in [3.05, 3.63) is 63.6 Å². The van der Waals surface area contributed by atoms with Crippen molar-refractivity contribution in [2.24, 2.45) is 0 Å². The van der Waals surface area contributed by atoms with Gasteiger partial charge in [0.05, 0.1) is 0 Å². The molecule has 0 heterocycles. The quantitative estimate of drug-likeness (QED) is 0.522. The summed E-state index contributed by atoms with van der Waals surface area (Å²) in [5.41, 5.74) is 1.85. The van der Waals surface area contributed by atoms with E-state index in [1.165, 1.54) is 5.56 Å². The summed E-state index contributed by atoms with van der Waals surface area (Å²) in [5, 5.41) is 3.61. The number of rotatable bonds is 9. The normalized spacial score (nSPS) is 11.8. The molecule has 2 aromatic carbocycles. The van der Waals surface area contributed by atoms with E-state index >= 15 is 0 Å². The van der Waals surface area contributed by atoms with Gasteiger partial charge in [-0.25, -0.2) is 0 Å². The minimum Gasteiger partial charge on any atom is -0.357 e. The highest BCUT2D eigenvalue weighted by Crippen LogP contribution is 2.27. The van der Waals surface area contributed by atoms with Gasteiger partial charge in [0.15, 0.2) is 0 Å². The van der Waals surface area contributed by atoms with Gasteiger partial charge in [-0.2, -0.15) is 0 Å². The molecule has 0 aliphatic carbocycles. The van der Waals surface area contributed by atoms with Crippen LogP contribution < -0.4 is 5.32 Å². The van der Waals surface area contributed by atoms with Gasteiger partial charge in [0, 0.05) is 46.3 Å². The Morgan fingerprint density at radius 2 is 1.72 bits per heavy atom. The number of nitrogens with one attached hydrogen (secondary N) is 1. The zero-order chi connectivity index (χ0) is 21.4. The summed E-state index contributed by atoms with van der Waals surface area (Å²) in [5.74, 6) is 0.324. The topological polar surface area (TPSA) is 49.4 Å². The molecule has 1 atom stereocenters. The molecule has 0 saturated carbocycles. The van der Waals surface area contributed by atoms with Crippen LogP contribution in [0.2, 0.25) is 10.0 Å². The Balaban J connectivity index is 2.15. The van der Waals surface area contributed by atoms with Gasteiger partial charge in [0.25, 0.3) is 0 Å². The van der Waals surface area contributed by atoms with Crippen molar-refractivity contribution >= 4 is 46.8 Å². The van der Waals surface area contributed by atoms with Gasteiger partial charge in [-0.3, -0.25) is 9.59 Å². The maximum atomic E-state index is 13.1. The Kier molecular flexibility index (Phi) is 9.34. The van der Waals surface area contributed by atoms with Gasteiger partial charge in [0.1, 0.15) is 6.04 Å². The van der Waals surface area contributed by atoms with Gasteiger partial charge in [-0.1, -0.05) is 53.9 Å². The second-order valence-electron chi connectivity index (χ2n) is 6.67. The van der Waals surface area contributed by atoms with Crippen LogP contribution in [0.3, 0.4) is 0 Å². The molecule has 0 bridgehead atoms. The lowest BCUT2D eigenvalue weighted by molar-refractivity contribution is -0.140. The number of aryl methyl sites for hydroxylation is 1. The smallest absolute Gasteiger partial charge is 0.242 e.